The summed E-state index contributed by atoms with van der Waals surface area (Å²) in [5.74, 6) is 1.79. The first-order chi connectivity index (χ1) is 11.3. The van der Waals surface area contributed by atoms with Gasteiger partial charge in [0.15, 0.2) is 5.96 Å². The molecule has 2 aromatic rings. The van der Waals surface area contributed by atoms with E-state index in [0.717, 1.165) is 18.3 Å². The summed E-state index contributed by atoms with van der Waals surface area (Å²) in [6.07, 6.45) is 4.02. The molecule has 0 aliphatic heterocycles. The van der Waals surface area contributed by atoms with Crippen molar-refractivity contribution in [1.29, 1.82) is 0 Å². The van der Waals surface area contributed by atoms with Crippen LogP contribution < -0.4 is 15.4 Å². The zero-order chi connectivity index (χ0) is 15.9. The molecule has 1 saturated carbocycles. The number of nitrogens with zero attached hydrogens (tertiary/aromatic N) is 1. The molecular formula is C18H23N3OS. The number of para-hydroxylation sites is 1. The van der Waals surface area contributed by atoms with E-state index in [0.29, 0.717) is 12.6 Å². The molecule has 0 radical (unpaired) electrons. The van der Waals surface area contributed by atoms with Crippen LogP contribution in [0.4, 0.5) is 0 Å². The van der Waals surface area contributed by atoms with Crippen molar-refractivity contribution >= 4 is 17.3 Å². The Kier molecular flexibility index (Phi) is 5.53. The van der Waals surface area contributed by atoms with Gasteiger partial charge in [0.1, 0.15) is 5.75 Å². The van der Waals surface area contributed by atoms with Crippen LogP contribution in [-0.2, 0) is 13.1 Å². The predicted molar refractivity (Wildman–Crippen MR) is 96.1 cm³/mol. The van der Waals surface area contributed by atoms with E-state index in [1.807, 2.05) is 12.1 Å². The fourth-order valence-corrected chi connectivity index (χ4v) is 3.06. The second-order valence-corrected chi connectivity index (χ2v) is 6.67. The molecule has 122 valence electrons. The predicted octanol–water partition coefficient (Wildman–Crippen LogP) is 3.54. The van der Waals surface area contributed by atoms with Crippen molar-refractivity contribution in [2.45, 2.75) is 38.5 Å². The Morgan fingerprint density at radius 1 is 1.17 bits per heavy atom. The van der Waals surface area contributed by atoms with Gasteiger partial charge >= 0.3 is 0 Å². The zero-order valence-electron chi connectivity index (χ0n) is 13.4. The summed E-state index contributed by atoms with van der Waals surface area (Å²) in [6.45, 7) is 1.49. The number of thiophene rings is 1. The second-order valence-electron chi connectivity index (χ2n) is 5.64. The molecule has 0 bridgehead atoms. The van der Waals surface area contributed by atoms with Crippen molar-refractivity contribution < 1.29 is 4.74 Å². The summed E-state index contributed by atoms with van der Waals surface area (Å²) in [5, 5.41) is 8.78. The smallest absolute Gasteiger partial charge is 0.191 e. The van der Waals surface area contributed by atoms with Crippen LogP contribution >= 0.6 is 11.3 Å². The van der Waals surface area contributed by atoms with Crippen LogP contribution in [0.15, 0.2) is 46.8 Å². The van der Waals surface area contributed by atoms with Crippen LogP contribution in [0.3, 0.4) is 0 Å². The molecule has 3 rings (SSSR count). The quantitative estimate of drug-likeness (QED) is 0.629. The minimum Gasteiger partial charge on any atom is -0.490 e. The standard InChI is InChI=1S/C18H23N3OS/c1-19-18(21-13-16-9-5-11-23-16)20-12-14-6-2-3-10-17(14)22-15-7-4-8-15/h2-3,5-6,9-11,15H,4,7-8,12-13H2,1H3,(H2,19,20,21). The highest BCUT2D eigenvalue weighted by molar-refractivity contribution is 7.09. The molecule has 1 aromatic carbocycles. The van der Waals surface area contributed by atoms with Crippen LogP contribution in [0.1, 0.15) is 29.7 Å². The van der Waals surface area contributed by atoms with Crippen LogP contribution in [0, 0.1) is 0 Å². The topological polar surface area (TPSA) is 45.7 Å². The number of aliphatic imine (C=N–C) groups is 1. The van der Waals surface area contributed by atoms with Gasteiger partial charge in [-0.1, -0.05) is 24.3 Å². The maximum Gasteiger partial charge on any atom is 0.191 e. The van der Waals surface area contributed by atoms with Crippen LogP contribution in [0.5, 0.6) is 5.75 Å². The van der Waals surface area contributed by atoms with Gasteiger partial charge in [0.05, 0.1) is 12.6 Å². The maximum absolute atomic E-state index is 6.07. The minimum absolute atomic E-state index is 0.396. The minimum atomic E-state index is 0.396. The summed E-state index contributed by atoms with van der Waals surface area (Å²) in [5.41, 5.74) is 1.17. The molecule has 0 spiro atoms. The third-order valence-corrected chi connectivity index (χ3v) is 4.87. The summed E-state index contributed by atoms with van der Waals surface area (Å²) >= 11 is 1.74. The van der Waals surface area contributed by atoms with Crippen molar-refractivity contribution in [1.82, 2.24) is 10.6 Å². The van der Waals surface area contributed by atoms with Gasteiger partial charge in [-0.2, -0.15) is 0 Å². The van der Waals surface area contributed by atoms with Crippen LogP contribution in [0.25, 0.3) is 0 Å². The Balaban J connectivity index is 1.53. The fourth-order valence-electron chi connectivity index (χ4n) is 2.42. The molecule has 2 N–H and O–H groups in total. The molecule has 4 nitrogen and oxygen atoms in total. The normalized spacial score (nSPS) is 15.1. The SMILES string of the molecule is CN=C(NCc1cccs1)NCc1ccccc1OC1CCC1. The average Bonchev–Trinajstić information content (AvgIpc) is 3.05. The molecule has 1 aliphatic rings. The second kappa shape index (κ2) is 8.02. The third-order valence-electron chi connectivity index (χ3n) is 4.00. The molecular weight excluding hydrogens is 306 g/mol. The van der Waals surface area contributed by atoms with E-state index in [4.69, 9.17) is 4.74 Å². The molecule has 0 amide bonds. The van der Waals surface area contributed by atoms with E-state index in [1.54, 1.807) is 18.4 Å². The summed E-state index contributed by atoms with van der Waals surface area (Å²) in [4.78, 5) is 5.57. The molecule has 1 aliphatic carbocycles. The van der Waals surface area contributed by atoms with Crippen molar-refractivity contribution in [3.05, 3.63) is 52.2 Å². The van der Waals surface area contributed by atoms with Gasteiger partial charge in [-0.3, -0.25) is 4.99 Å². The molecule has 0 unspecified atom stereocenters. The highest BCUT2D eigenvalue weighted by atomic mass is 32.1. The van der Waals surface area contributed by atoms with E-state index < -0.39 is 0 Å². The van der Waals surface area contributed by atoms with Crippen LogP contribution in [-0.4, -0.2) is 19.1 Å². The lowest BCUT2D eigenvalue weighted by Gasteiger charge is -2.27. The van der Waals surface area contributed by atoms with E-state index in [9.17, 15) is 0 Å². The number of nitrogens with one attached hydrogen (secondary N) is 2. The lowest BCUT2D eigenvalue weighted by molar-refractivity contribution is 0.119. The Hall–Kier alpha value is -2.01. The lowest BCUT2D eigenvalue weighted by atomic mass is 9.96. The zero-order valence-corrected chi connectivity index (χ0v) is 14.2. The van der Waals surface area contributed by atoms with Crippen molar-refractivity contribution in [3.8, 4) is 5.75 Å². The average molecular weight is 329 g/mol. The first-order valence-corrected chi connectivity index (χ1v) is 8.94. The first-order valence-electron chi connectivity index (χ1n) is 8.06. The molecule has 1 fully saturated rings. The maximum atomic E-state index is 6.07. The molecule has 1 heterocycles. The number of rotatable bonds is 6. The Bertz CT molecular complexity index is 635. The number of hydrogen-bond donors (Lipinski definition) is 2. The van der Waals surface area contributed by atoms with Crippen molar-refractivity contribution in [3.63, 3.8) is 0 Å². The molecule has 23 heavy (non-hydrogen) atoms. The van der Waals surface area contributed by atoms with E-state index >= 15 is 0 Å². The first kappa shape index (κ1) is 15.9. The number of ether oxygens (including phenoxy) is 1. The molecule has 5 heteroatoms. The van der Waals surface area contributed by atoms with Crippen molar-refractivity contribution in [2.24, 2.45) is 4.99 Å². The highest BCUT2D eigenvalue weighted by Crippen LogP contribution is 2.27. The largest absolute Gasteiger partial charge is 0.490 e. The number of hydrogen-bond acceptors (Lipinski definition) is 3. The summed E-state index contributed by atoms with van der Waals surface area (Å²) < 4.78 is 6.07. The lowest BCUT2D eigenvalue weighted by Crippen LogP contribution is -2.36. The van der Waals surface area contributed by atoms with Crippen molar-refractivity contribution in [2.75, 3.05) is 7.05 Å². The Labute approximate surface area is 141 Å². The monoisotopic (exact) mass is 329 g/mol. The highest BCUT2D eigenvalue weighted by Gasteiger charge is 2.20. The van der Waals surface area contributed by atoms with Gasteiger partial charge in [0.25, 0.3) is 0 Å². The van der Waals surface area contributed by atoms with Gasteiger partial charge in [-0.25, -0.2) is 0 Å². The van der Waals surface area contributed by atoms with E-state index in [2.05, 4.69) is 45.3 Å². The summed E-state index contributed by atoms with van der Waals surface area (Å²) in [7, 11) is 1.79. The number of guanidine groups is 1. The van der Waals surface area contributed by atoms with Gasteiger partial charge < -0.3 is 15.4 Å². The van der Waals surface area contributed by atoms with Gasteiger partial charge in [-0.05, 0) is 36.8 Å². The fraction of sp³-hybridized carbons (Fsp3) is 0.389. The molecule has 0 saturated heterocycles. The van der Waals surface area contributed by atoms with Gasteiger partial charge in [-0.15, -0.1) is 11.3 Å². The Morgan fingerprint density at radius 3 is 2.70 bits per heavy atom. The van der Waals surface area contributed by atoms with E-state index in [-0.39, 0.29) is 0 Å². The number of benzene rings is 1. The Morgan fingerprint density at radius 2 is 2.00 bits per heavy atom. The van der Waals surface area contributed by atoms with Gasteiger partial charge in [0, 0.05) is 24.0 Å². The summed E-state index contributed by atoms with van der Waals surface area (Å²) in [6, 6.07) is 12.4. The van der Waals surface area contributed by atoms with E-state index in [1.165, 1.54) is 29.7 Å². The van der Waals surface area contributed by atoms with Crippen LogP contribution in [0.2, 0.25) is 0 Å². The van der Waals surface area contributed by atoms with Gasteiger partial charge in [0.2, 0.25) is 0 Å². The molecule has 1 aromatic heterocycles. The molecule has 0 atom stereocenters. The third kappa shape index (κ3) is 4.48.